The quantitative estimate of drug-likeness (QED) is 0.620. The molecule has 2 aromatic carbocycles. The van der Waals surface area contributed by atoms with Crippen molar-refractivity contribution >= 4 is 17.6 Å². The number of hydrogen-bond donors (Lipinski definition) is 2. The van der Waals surface area contributed by atoms with Gasteiger partial charge in [0, 0.05) is 39.0 Å². The molecule has 1 amide bonds. The van der Waals surface area contributed by atoms with Crippen LogP contribution in [0, 0.1) is 0 Å². The minimum atomic E-state index is -0.322. The molecule has 6 nitrogen and oxygen atoms in total. The third-order valence-electron chi connectivity index (χ3n) is 5.51. The average molecular weight is 393 g/mol. The first-order valence-electron chi connectivity index (χ1n) is 10.3. The third-order valence-corrected chi connectivity index (χ3v) is 5.51. The minimum Gasteiger partial charge on any atom is -0.368 e. The van der Waals surface area contributed by atoms with Crippen LogP contribution in [0.2, 0.25) is 0 Å². The van der Waals surface area contributed by atoms with Gasteiger partial charge in [-0.25, -0.2) is 0 Å². The highest BCUT2D eigenvalue weighted by Crippen LogP contribution is 2.19. The SMILES string of the molecule is CN=C(NCc1cccc(NC(=O)C2CCCO2)c1)N1CCc2ccccc2C1. The predicted octanol–water partition coefficient (Wildman–Crippen LogP) is 2.94. The second-order valence-electron chi connectivity index (χ2n) is 7.53. The number of benzene rings is 2. The Hall–Kier alpha value is -2.86. The average Bonchev–Trinajstić information content (AvgIpc) is 3.29. The fourth-order valence-corrected chi connectivity index (χ4v) is 3.96. The summed E-state index contributed by atoms with van der Waals surface area (Å²) in [5, 5.41) is 6.43. The third kappa shape index (κ3) is 4.77. The lowest BCUT2D eigenvalue weighted by atomic mass is 10.0. The van der Waals surface area contributed by atoms with Crippen molar-refractivity contribution in [1.82, 2.24) is 10.2 Å². The Labute approximate surface area is 172 Å². The number of amides is 1. The molecule has 0 aliphatic carbocycles. The molecule has 29 heavy (non-hydrogen) atoms. The van der Waals surface area contributed by atoms with E-state index in [1.165, 1.54) is 11.1 Å². The van der Waals surface area contributed by atoms with Gasteiger partial charge in [0.05, 0.1) is 0 Å². The van der Waals surface area contributed by atoms with Gasteiger partial charge < -0.3 is 20.3 Å². The van der Waals surface area contributed by atoms with Crippen molar-refractivity contribution in [3.05, 3.63) is 65.2 Å². The molecule has 6 heteroatoms. The van der Waals surface area contributed by atoms with Gasteiger partial charge in [-0.05, 0) is 48.1 Å². The zero-order valence-electron chi connectivity index (χ0n) is 16.9. The lowest BCUT2D eigenvalue weighted by molar-refractivity contribution is -0.124. The zero-order valence-corrected chi connectivity index (χ0v) is 16.9. The van der Waals surface area contributed by atoms with Crippen LogP contribution in [-0.4, -0.2) is 43.1 Å². The summed E-state index contributed by atoms with van der Waals surface area (Å²) in [4.78, 5) is 19.0. The minimum absolute atomic E-state index is 0.0598. The van der Waals surface area contributed by atoms with Crippen LogP contribution in [0.5, 0.6) is 0 Å². The summed E-state index contributed by atoms with van der Waals surface area (Å²) in [6.07, 6.45) is 2.45. The van der Waals surface area contributed by atoms with Crippen molar-refractivity contribution < 1.29 is 9.53 Å². The summed E-state index contributed by atoms with van der Waals surface area (Å²) in [5.74, 6) is 0.837. The van der Waals surface area contributed by atoms with Crippen LogP contribution in [0.15, 0.2) is 53.5 Å². The molecule has 2 aromatic rings. The lowest BCUT2D eigenvalue weighted by Crippen LogP contribution is -2.43. The molecular formula is C23H28N4O2. The van der Waals surface area contributed by atoms with Crippen molar-refractivity contribution in [3.63, 3.8) is 0 Å². The lowest BCUT2D eigenvalue weighted by Gasteiger charge is -2.31. The van der Waals surface area contributed by atoms with Crippen molar-refractivity contribution in [2.75, 3.05) is 25.5 Å². The van der Waals surface area contributed by atoms with Crippen molar-refractivity contribution in [2.24, 2.45) is 4.99 Å². The maximum absolute atomic E-state index is 12.3. The maximum Gasteiger partial charge on any atom is 0.253 e. The summed E-state index contributed by atoms with van der Waals surface area (Å²) in [6.45, 7) is 3.14. The number of rotatable bonds is 4. The van der Waals surface area contributed by atoms with E-state index in [1.54, 1.807) is 0 Å². The molecule has 0 saturated carbocycles. The van der Waals surface area contributed by atoms with E-state index in [0.29, 0.717) is 13.2 Å². The monoisotopic (exact) mass is 392 g/mol. The molecule has 0 radical (unpaired) electrons. The van der Waals surface area contributed by atoms with E-state index in [1.807, 2.05) is 31.3 Å². The van der Waals surface area contributed by atoms with Crippen LogP contribution < -0.4 is 10.6 Å². The number of aliphatic imine (C=N–C) groups is 1. The standard InChI is InChI=1S/C23H28N4O2/c1-24-23(27-12-11-18-7-2-3-8-19(18)16-27)25-15-17-6-4-9-20(14-17)26-22(28)21-10-5-13-29-21/h2-4,6-9,14,21H,5,10-13,15-16H2,1H3,(H,24,25)(H,26,28). The van der Waals surface area contributed by atoms with Crippen LogP contribution in [-0.2, 0) is 29.0 Å². The molecule has 4 rings (SSSR count). The highest BCUT2D eigenvalue weighted by molar-refractivity contribution is 5.94. The smallest absolute Gasteiger partial charge is 0.253 e. The van der Waals surface area contributed by atoms with Crippen LogP contribution in [0.4, 0.5) is 5.69 Å². The number of carbonyl (C=O) groups excluding carboxylic acids is 1. The molecule has 0 spiro atoms. The van der Waals surface area contributed by atoms with Crippen LogP contribution in [0.25, 0.3) is 0 Å². The molecule has 1 fully saturated rings. The van der Waals surface area contributed by atoms with E-state index in [-0.39, 0.29) is 12.0 Å². The molecule has 0 bridgehead atoms. The Kier molecular flexibility index (Phi) is 6.10. The van der Waals surface area contributed by atoms with E-state index in [4.69, 9.17) is 4.74 Å². The summed E-state index contributed by atoms with van der Waals surface area (Å²) >= 11 is 0. The number of ether oxygens (including phenoxy) is 1. The molecule has 2 aliphatic rings. The van der Waals surface area contributed by atoms with Crippen LogP contribution in [0.1, 0.15) is 29.5 Å². The fraction of sp³-hybridized carbons (Fsp3) is 0.391. The van der Waals surface area contributed by atoms with Crippen LogP contribution >= 0.6 is 0 Å². The molecule has 2 heterocycles. The maximum atomic E-state index is 12.3. The Morgan fingerprint density at radius 3 is 2.86 bits per heavy atom. The van der Waals surface area contributed by atoms with Gasteiger partial charge in [0.25, 0.3) is 5.91 Å². The number of guanidine groups is 1. The van der Waals surface area contributed by atoms with Crippen molar-refractivity contribution in [2.45, 2.75) is 38.5 Å². The summed E-state index contributed by atoms with van der Waals surface area (Å²) in [7, 11) is 1.82. The van der Waals surface area contributed by atoms with Gasteiger partial charge in [0.1, 0.15) is 6.10 Å². The van der Waals surface area contributed by atoms with Gasteiger partial charge in [-0.2, -0.15) is 0 Å². The van der Waals surface area contributed by atoms with Crippen LogP contribution in [0.3, 0.4) is 0 Å². The highest BCUT2D eigenvalue weighted by atomic mass is 16.5. The number of carbonyl (C=O) groups is 1. The number of nitrogens with zero attached hydrogens (tertiary/aromatic N) is 2. The number of anilines is 1. The molecule has 1 saturated heterocycles. The van der Waals surface area contributed by atoms with E-state index >= 15 is 0 Å². The number of hydrogen-bond acceptors (Lipinski definition) is 3. The highest BCUT2D eigenvalue weighted by Gasteiger charge is 2.23. The number of fused-ring (bicyclic) bond motifs is 1. The zero-order chi connectivity index (χ0) is 20.1. The Bertz CT molecular complexity index is 890. The molecule has 2 N–H and O–H groups in total. The first-order valence-corrected chi connectivity index (χ1v) is 10.3. The molecular weight excluding hydrogens is 364 g/mol. The molecule has 2 aliphatic heterocycles. The van der Waals surface area contributed by atoms with Gasteiger partial charge >= 0.3 is 0 Å². The van der Waals surface area contributed by atoms with Gasteiger partial charge in [0.2, 0.25) is 0 Å². The van der Waals surface area contributed by atoms with Crippen molar-refractivity contribution in [1.29, 1.82) is 0 Å². The second kappa shape index (κ2) is 9.09. The number of nitrogens with one attached hydrogen (secondary N) is 2. The van der Waals surface area contributed by atoms with Gasteiger partial charge in [-0.3, -0.25) is 9.79 Å². The van der Waals surface area contributed by atoms with Gasteiger partial charge in [0.15, 0.2) is 5.96 Å². The summed E-state index contributed by atoms with van der Waals surface area (Å²) in [6, 6.07) is 16.5. The summed E-state index contributed by atoms with van der Waals surface area (Å²) < 4.78 is 5.46. The molecule has 152 valence electrons. The topological polar surface area (TPSA) is 66.0 Å². The normalized spacial score (nSPS) is 19.0. The first-order chi connectivity index (χ1) is 14.2. The molecule has 1 unspecified atom stereocenters. The Balaban J connectivity index is 1.35. The Morgan fingerprint density at radius 1 is 1.21 bits per heavy atom. The first kappa shape index (κ1) is 19.5. The van der Waals surface area contributed by atoms with Crippen molar-refractivity contribution in [3.8, 4) is 0 Å². The van der Waals surface area contributed by atoms with E-state index in [9.17, 15) is 4.79 Å². The Morgan fingerprint density at radius 2 is 2.07 bits per heavy atom. The predicted molar refractivity (Wildman–Crippen MR) is 115 cm³/mol. The van der Waals surface area contributed by atoms with E-state index < -0.39 is 0 Å². The molecule has 0 aromatic heterocycles. The van der Waals surface area contributed by atoms with E-state index in [2.05, 4.69) is 44.8 Å². The second-order valence-corrected chi connectivity index (χ2v) is 7.53. The van der Waals surface area contributed by atoms with Gasteiger partial charge in [-0.15, -0.1) is 0 Å². The summed E-state index contributed by atoms with van der Waals surface area (Å²) in [5.41, 5.74) is 4.68. The fourth-order valence-electron chi connectivity index (χ4n) is 3.96. The largest absolute Gasteiger partial charge is 0.368 e. The van der Waals surface area contributed by atoms with Gasteiger partial charge in [-0.1, -0.05) is 36.4 Å². The molecule has 1 atom stereocenters. The van der Waals surface area contributed by atoms with E-state index in [0.717, 1.165) is 49.6 Å².